The summed E-state index contributed by atoms with van der Waals surface area (Å²) in [7, 11) is 0. The molecular weight excluding hydrogens is 230 g/mol. The Morgan fingerprint density at radius 2 is 2.19 bits per heavy atom. The first-order chi connectivity index (χ1) is 7.59. The minimum absolute atomic E-state index is 0.232. The maximum atomic E-state index is 11.4. The lowest BCUT2D eigenvalue weighted by atomic mass is 10.4. The molecule has 0 fully saturated rings. The minimum atomic E-state index is -0.625. The van der Waals surface area contributed by atoms with E-state index in [-0.39, 0.29) is 24.8 Å². The second-order valence-electron chi connectivity index (χ2n) is 3.02. The second-order valence-corrected chi connectivity index (χ2v) is 3.97. The Hall–Kier alpha value is -1.69. The quantitative estimate of drug-likeness (QED) is 0.767. The summed E-state index contributed by atoms with van der Waals surface area (Å²) in [6, 6.07) is 3.40. The van der Waals surface area contributed by atoms with Crippen molar-refractivity contribution < 1.29 is 19.1 Å². The van der Waals surface area contributed by atoms with Gasteiger partial charge in [-0.2, -0.15) is 0 Å². The molecule has 5 nitrogen and oxygen atoms in total. The molecule has 0 spiro atoms. The molecule has 0 saturated heterocycles. The van der Waals surface area contributed by atoms with Crippen LogP contribution in [-0.4, -0.2) is 30.8 Å². The number of amides is 1. The van der Waals surface area contributed by atoms with Gasteiger partial charge in [-0.3, -0.25) is 14.4 Å². The zero-order chi connectivity index (χ0) is 12.0. The van der Waals surface area contributed by atoms with E-state index in [4.69, 9.17) is 0 Å². The molecule has 1 rings (SSSR count). The van der Waals surface area contributed by atoms with Crippen LogP contribution in [0.4, 0.5) is 0 Å². The van der Waals surface area contributed by atoms with Gasteiger partial charge in [-0.05, 0) is 18.4 Å². The lowest BCUT2D eigenvalue weighted by molar-refractivity contribution is -0.146. The molecule has 0 aliphatic carbocycles. The Labute approximate surface area is 96.4 Å². The minimum Gasteiger partial charge on any atom is -0.456 e. The number of carbonyl (C=O) groups excluding carboxylic acids is 3. The Morgan fingerprint density at radius 1 is 1.44 bits per heavy atom. The maximum Gasteiger partial charge on any atom is 0.325 e. The highest BCUT2D eigenvalue weighted by Gasteiger charge is 2.09. The third-order valence-electron chi connectivity index (χ3n) is 1.57. The number of Topliss-reactive ketones (excluding diaryl/α,β-unsaturated/α-hetero) is 1. The molecule has 1 heterocycles. The highest BCUT2D eigenvalue weighted by atomic mass is 32.1. The molecule has 0 radical (unpaired) electrons. The summed E-state index contributed by atoms with van der Waals surface area (Å²) < 4.78 is 4.57. The monoisotopic (exact) mass is 241 g/mol. The van der Waals surface area contributed by atoms with E-state index in [2.05, 4.69) is 10.1 Å². The highest BCUT2D eigenvalue weighted by Crippen LogP contribution is 2.07. The van der Waals surface area contributed by atoms with Crippen LogP contribution in [0.15, 0.2) is 17.5 Å². The van der Waals surface area contributed by atoms with Gasteiger partial charge in [0.2, 0.25) is 0 Å². The number of esters is 1. The number of hydrogen-bond acceptors (Lipinski definition) is 5. The van der Waals surface area contributed by atoms with Crippen LogP contribution in [0.25, 0.3) is 0 Å². The van der Waals surface area contributed by atoms with Crippen LogP contribution >= 0.6 is 11.3 Å². The first-order valence-electron chi connectivity index (χ1n) is 4.56. The van der Waals surface area contributed by atoms with Crippen LogP contribution in [-0.2, 0) is 14.3 Å². The van der Waals surface area contributed by atoms with E-state index in [0.717, 1.165) is 0 Å². The fourth-order valence-electron chi connectivity index (χ4n) is 0.880. The van der Waals surface area contributed by atoms with Gasteiger partial charge >= 0.3 is 5.97 Å². The summed E-state index contributed by atoms with van der Waals surface area (Å²) in [5.74, 6) is -1.19. The Bertz CT molecular complexity index is 386. The molecule has 1 amide bonds. The summed E-state index contributed by atoms with van der Waals surface area (Å²) in [6.07, 6.45) is 0. The third kappa shape index (κ3) is 4.22. The molecule has 0 aliphatic heterocycles. The fraction of sp³-hybridized carbons (Fsp3) is 0.300. The van der Waals surface area contributed by atoms with E-state index in [1.54, 1.807) is 17.5 Å². The molecule has 0 bridgehead atoms. The van der Waals surface area contributed by atoms with Crippen molar-refractivity contribution in [3.8, 4) is 0 Å². The fourth-order valence-corrected chi connectivity index (χ4v) is 1.52. The van der Waals surface area contributed by atoms with Crippen molar-refractivity contribution in [2.75, 3.05) is 13.2 Å². The molecule has 0 aliphatic rings. The molecule has 0 unspecified atom stereocenters. The van der Waals surface area contributed by atoms with E-state index < -0.39 is 5.97 Å². The van der Waals surface area contributed by atoms with E-state index in [0.29, 0.717) is 4.88 Å². The standard InChI is InChI=1S/C10H11NO4S/c1-7(12)6-15-9(13)5-11-10(14)8-3-2-4-16-8/h2-4H,5-6H2,1H3,(H,11,14). The van der Waals surface area contributed by atoms with Gasteiger partial charge in [-0.15, -0.1) is 11.3 Å². The first kappa shape index (κ1) is 12.4. The highest BCUT2D eigenvalue weighted by molar-refractivity contribution is 7.12. The van der Waals surface area contributed by atoms with Gasteiger partial charge in [0.25, 0.3) is 5.91 Å². The third-order valence-corrected chi connectivity index (χ3v) is 2.44. The van der Waals surface area contributed by atoms with Crippen molar-refractivity contribution in [2.45, 2.75) is 6.92 Å². The number of thiophene rings is 1. The number of rotatable bonds is 5. The van der Waals surface area contributed by atoms with Crippen molar-refractivity contribution >= 4 is 29.0 Å². The zero-order valence-corrected chi connectivity index (χ0v) is 9.50. The van der Waals surface area contributed by atoms with Crippen LogP contribution in [0.2, 0.25) is 0 Å². The Morgan fingerprint density at radius 3 is 2.75 bits per heavy atom. The summed E-state index contributed by atoms with van der Waals surface area (Å²) in [5, 5.41) is 4.16. The smallest absolute Gasteiger partial charge is 0.325 e. The van der Waals surface area contributed by atoms with Crippen LogP contribution in [0.1, 0.15) is 16.6 Å². The number of ketones is 1. The number of hydrogen-bond donors (Lipinski definition) is 1. The van der Waals surface area contributed by atoms with E-state index in [1.165, 1.54) is 18.3 Å². The number of carbonyl (C=O) groups is 3. The summed E-state index contributed by atoms with van der Waals surface area (Å²) >= 11 is 1.28. The molecule has 0 aromatic carbocycles. The van der Waals surface area contributed by atoms with E-state index in [9.17, 15) is 14.4 Å². The predicted molar refractivity (Wildman–Crippen MR) is 58.3 cm³/mol. The van der Waals surface area contributed by atoms with Crippen molar-refractivity contribution in [1.82, 2.24) is 5.32 Å². The van der Waals surface area contributed by atoms with Crippen molar-refractivity contribution in [1.29, 1.82) is 0 Å². The predicted octanol–water partition coefficient (Wildman–Crippen LogP) is 0.610. The molecule has 0 saturated carbocycles. The van der Waals surface area contributed by atoms with Crippen LogP contribution < -0.4 is 5.32 Å². The van der Waals surface area contributed by atoms with Gasteiger partial charge in [0, 0.05) is 0 Å². The van der Waals surface area contributed by atoms with Gasteiger partial charge < -0.3 is 10.1 Å². The molecule has 1 aromatic heterocycles. The van der Waals surface area contributed by atoms with Crippen LogP contribution in [0.5, 0.6) is 0 Å². The van der Waals surface area contributed by atoms with E-state index in [1.807, 2.05) is 0 Å². The summed E-state index contributed by atoms with van der Waals surface area (Å²) in [6.45, 7) is 0.829. The molecule has 6 heteroatoms. The largest absolute Gasteiger partial charge is 0.456 e. The summed E-state index contributed by atoms with van der Waals surface area (Å²) in [5.41, 5.74) is 0. The van der Waals surface area contributed by atoms with Gasteiger partial charge in [-0.25, -0.2) is 0 Å². The molecule has 1 aromatic rings. The van der Waals surface area contributed by atoms with Crippen LogP contribution in [0, 0.1) is 0 Å². The Kier molecular flexibility index (Phi) is 4.65. The van der Waals surface area contributed by atoms with Crippen LogP contribution in [0.3, 0.4) is 0 Å². The molecule has 86 valence electrons. The number of ether oxygens (including phenoxy) is 1. The molecular formula is C10H11NO4S. The maximum absolute atomic E-state index is 11.4. The van der Waals surface area contributed by atoms with Crippen molar-refractivity contribution in [3.05, 3.63) is 22.4 Å². The first-order valence-corrected chi connectivity index (χ1v) is 5.44. The van der Waals surface area contributed by atoms with Gasteiger partial charge in [0.1, 0.15) is 13.2 Å². The second kappa shape index (κ2) is 6.02. The summed E-state index contributed by atoms with van der Waals surface area (Å²) in [4.78, 5) is 33.4. The van der Waals surface area contributed by atoms with Gasteiger partial charge in [0.05, 0.1) is 4.88 Å². The average molecular weight is 241 g/mol. The van der Waals surface area contributed by atoms with Crippen molar-refractivity contribution in [2.24, 2.45) is 0 Å². The molecule has 0 atom stereocenters. The van der Waals surface area contributed by atoms with Crippen molar-refractivity contribution in [3.63, 3.8) is 0 Å². The molecule has 1 N–H and O–H groups in total. The van der Waals surface area contributed by atoms with Gasteiger partial charge in [-0.1, -0.05) is 6.07 Å². The number of nitrogens with one attached hydrogen (secondary N) is 1. The average Bonchev–Trinajstić information content (AvgIpc) is 2.76. The van der Waals surface area contributed by atoms with Gasteiger partial charge in [0.15, 0.2) is 5.78 Å². The zero-order valence-electron chi connectivity index (χ0n) is 8.69. The molecule has 16 heavy (non-hydrogen) atoms. The SMILES string of the molecule is CC(=O)COC(=O)CNC(=O)c1cccs1. The Balaban J connectivity index is 2.27. The normalized spacial score (nSPS) is 9.56. The topological polar surface area (TPSA) is 72.5 Å². The van der Waals surface area contributed by atoms with E-state index >= 15 is 0 Å². The lowest BCUT2D eigenvalue weighted by Gasteiger charge is -2.03. The lowest BCUT2D eigenvalue weighted by Crippen LogP contribution is -2.30.